The molecule has 1 aliphatic rings. The second kappa shape index (κ2) is 19.7. The number of esters is 1. The first-order valence-electron chi connectivity index (χ1n) is 11.7. The maximum absolute atomic E-state index is 11.7. The van der Waals surface area contributed by atoms with Gasteiger partial charge < -0.3 is 9.47 Å². The van der Waals surface area contributed by atoms with Crippen molar-refractivity contribution in [1.29, 1.82) is 0 Å². The minimum absolute atomic E-state index is 0.102. The van der Waals surface area contributed by atoms with Gasteiger partial charge in [0.15, 0.2) is 0 Å². The van der Waals surface area contributed by atoms with E-state index in [1.165, 1.54) is 32.1 Å². The summed E-state index contributed by atoms with van der Waals surface area (Å²) in [4.78, 5) is 11.7. The van der Waals surface area contributed by atoms with E-state index in [0.29, 0.717) is 13.0 Å². The summed E-state index contributed by atoms with van der Waals surface area (Å²) in [6.45, 7) is 3.46. The highest BCUT2D eigenvalue weighted by Crippen LogP contribution is 2.13. The van der Waals surface area contributed by atoms with Crippen LogP contribution in [0.5, 0.6) is 0 Å². The average molecular weight is 403 g/mol. The van der Waals surface area contributed by atoms with E-state index in [-0.39, 0.29) is 12.1 Å². The Balaban J connectivity index is 1.90. The smallest absolute Gasteiger partial charge is 0.305 e. The summed E-state index contributed by atoms with van der Waals surface area (Å²) in [6, 6.07) is 0. The molecule has 0 saturated carbocycles. The topological polar surface area (TPSA) is 35.5 Å². The molecule has 1 heterocycles. The zero-order valence-corrected chi connectivity index (χ0v) is 18.5. The standard InChI is InChI=1S/C26H42O3/c1-2-3-4-5-6-7-8-9-10-11-12-13-14-15-16-17-18-22-26(27)29-24-25-21-19-20-23-28-25/h6-7,9-10,12-13,15-16,25H,2-5,8,11,14,17-24H2,1H3. The molecule has 1 unspecified atom stereocenters. The molecule has 0 N–H and O–H groups in total. The minimum Gasteiger partial charge on any atom is -0.463 e. The summed E-state index contributed by atoms with van der Waals surface area (Å²) < 4.78 is 10.9. The summed E-state index contributed by atoms with van der Waals surface area (Å²) in [5.41, 5.74) is 0. The Labute approximate surface area is 178 Å². The van der Waals surface area contributed by atoms with Crippen molar-refractivity contribution in [3.63, 3.8) is 0 Å². The molecular formula is C26H42O3. The van der Waals surface area contributed by atoms with Gasteiger partial charge in [-0.1, -0.05) is 68.4 Å². The van der Waals surface area contributed by atoms with Gasteiger partial charge in [-0.25, -0.2) is 0 Å². The Morgan fingerprint density at radius 2 is 1.48 bits per heavy atom. The van der Waals surface area contributed by atoms with Crippen LogP contribution in [0.2, 0.25) is 0 Å². The van der Waals surface area contributed by atoms with Crippen LogP contribution in [0.3, 0.4) is 0 Å². The Morgan fingerprint density at radius 3 is 2.07 bits per heavy atom. The maximum atomic E-state index is 11.7. The minimum atomic E-state index is -0.102. The first kappa shape index (κ1) is 25.4. The molecule has 0 bridgehead atoms. The van der Waals surface area contributed by atoms with E-state index in [1.54, 1.807) is 0 Å². The lowest BCUT2D eigenvalue weighted by Gasteiger charge is -2.22. The third-order valence-electron chi connectivity index (χ3n) is 4.91. The van der Waals surface area contributed by atoms with Crippen molar-refractivity contribution >= 4 is 5.97 Å². The van der Waals surface area contributed by atoms with Gasteiger partial charge in [-0.2, -0.15) is 0 Å². The highest BCUT2D eigenvalue weighted by atomic mass is 16.6. The number of carbonyl (C=O) groups excluding carboxylic acids is 1. The van der Waals surface area contributed by atoms with Crippen LogP contribution in [0, 0.1) is 0 Å². The average Bonchev–Trinajstić information content (AvgIpc) is 2.75. The molecular weight excluding hydrogens is 360 g/mol. The van der Waals surface area contributed by atoms with Gasteiger partial charge in [0.25, 0.3) is 0 Å². The highest BCUT2D eigenvalue weighted by Gasteiger charge is 2.15. The molecule has 3 heteroatoms. The molecule has 0 aromatic heterocycles. The van der Waals surface area contributed by atoms with E-state index in [1.807, 2.05) is 0 Å². The van der Waals surface area contributed by atoms with Crippen molar-refractivity contribution in [3.8, 4) is 0 Å². The van der Waals surface area contributed by atoms with Crippen molar-refractivity contribution in [1.82, 2.24) is 0 Å². The van der Waals surface area contributed by atoms with Gasteiger partial charge in [0.05, 0.1) is 6.10 Å². The predicted molar refractivity (Wildman–Crippen MR) is 123 cm³/mol. The Morgan fingerprint density at radius 1 is 0.862 bits per heavy atom. The number of rotatable bonds is 16. The zero-order chi connectivity index (χ0) is 20.8. The van der Waals surface area contributed by atoms with E-state index >= 15 is 0 Å². The lowest BCUT2D eigenvalue weighted by atomic mass is 10.1. The van der Waals surface area contributed by atoms with Gasteiger partial charge in [0.1, 0.15) is 6.61 Å². The van der Waals surface area contributed by atoms with Crippen molar-refractivity contribution in [2.24, 2.45) is 0 Å². The van der Waals surface area contributed by atoms with Gasteiger partial charge in [0, 0.05) is 13.0 Å². The van der Waals surface area contributed by atoms with Crippen molar-refractivity contribution in [3.05, 3.63) is 48.6 Å². The zero-order valence-electron chi connectivity index (χ0n) is 18.5. The van der Waals surface area contributed by atoms with Gasteiger partial charge in [0.2, 0.25) is 0 Å². The molecule has 29 heavy (non-hydrogen) atoms. The fourth-order valence-corrected chi connectivity index (χ4v) is 3.12. The van der Waals surface area contributed by atoms with E-state index in [0.717, 1.165) is 51.6 Å². The fraction of sp³-hybridized carbons (Fsp3) is 0.654. The Kier molecular flexibility index (Phi) is 17.3. The number of carbonyl (C=O) groups is 1. The highest BCUT2D eigenvalue weighted by molar-refractivity contribution is 5.69. The molecule has 1 fully saturated rings. The van der Waals surface area contributed by atoms with Gasteiger partial charge in [-0.05, 0) is 64.2 Å². The van der Waals surface area contributed by atoms with Gasteiger partial charge >= 0.3 is 5.97 Å². The Hall–Kier alpha value is -1.61. The molecule has 0 spiro atoms. The van der Waals surface area contributed by atoms with Gasteiger partial charge in [-0.15, -0.1) is 0 Å². The van der Waals surface area contributed by atoms with Gasteiger partial charge in [-0.3, -0.25) is 4.79 Å². The fourth-order valence-electron chi connectivity index (χ4n) is 3.12. The number of hydrogen-bond acceptors (Lipinski definition) is 3. The molecule has 1 rings (SSSR count). The third kappa shape index (κ3) is 17.0. The lowest BCUT2D eigenvalue weighted by molar-refractivity contribution is -0.149. The quantitative estimate of drug-likeness (QED) is 0.155. The van der Waals surface area contributed by atoms with Crippen LogP contribution in [0.15, 0.2) is 48.6 Å². The summed E-state index contributed by atoms with van der Waals surface area (Å²) in [5.74, 6) is -0.102. The van der Waals surface area contributed by atoms with E-state index in [4.69, 9.17) is 9.47 Å². The van der Waals surface area contributed by atoms with Crippen LogP contribution in [0.25, 0.3) is 0 Å². The monoisotopic (exact) mass is 402 g/mol. The van der Waals surface area contributed by atoms with E-state index in [9.17, 15) is 4.79 Å². The first-order chi connectivity index (χ1) is 14.3. The van der Waals surface area contributed by atoms with Crippen molar-refractivity contribution < 1.29 is 14.3 Å². The van der Waals surface area contributed by atoms with E-state index in [2.05, 4.69) is 55.5 Å². The second-order valence-electron chi connectivity index (χ2n) is 7.65. The van der Waals surface area contributed by atoms with Crippen molar-refractivity contribution in [2.45, 2.75) is 96.5 Å². The molecule has 0 aromatic carbocycles. The predicted octanol–water partition coefficient (Wildman–Crippen LogP) is 7.24. The summed E-state index contributed by atoms with van der Waals surface area (Å²) in [7, 11) is 0. The lowest BCUT2D eigenvalue weighted by Crippen LogP contribution is -2.25. The maximum Gasteiger partial charge on any atom is 0.305 e. The van der Waals surface area contributed by atoms with Crippen LogP contribution in [-0.4, -0.2) is 25.3 Å². The van der Waals surface area contributed by atoms with Crippen molar-refractivity contribution in [2.75, 3.05) is 13.2 Å². The normalized spacial score (nSPS) is 17.9. The number of allylic oxidation sites excluding steroid dienone is 8. The van der Waals surface area contributed by atoms with Crippen LogP contribution < -0.4 is 0 Å². The van der Waals surface area contributed by atoms with Crippen LogP contribution >= 0.6 is 0 Å². The molecule has 0 amide bonds. The SMILES string of the molecule is CCCCCC=CCC=CCC=CCC=CCCCC(=O)OCC1CCCCO1. The molecule has 0 aliphatic carbocycles. The largest absolute Gasteiger partial charge is 0.463 e. The molecule has 0 radical (unpaired) electrons. The van der Waals surface area contributed by atoms with E-state index < -0.39 is 0 Å². The number of ether oxygens (including phenoxy) is 2. The number of unbranched alkanes of at least 4 members (excludes halogenated alkanes) is 4. The van der Waals surface area contributed by atoms with Crippen LogP contribution in [0.1, 0.15) is 90.4 Å². The summed E-state index contributed by atoms with van der Waals surface area (Å²) in [5, 5.41) is 0. The molecule has 0 aromatic rings. The Bertz CT molecular complexity index is 496. The van der Waals surface area contributed by atoms with Crippen LogP contribution in [-0.2, 0) is 14.3 Å². The van der Waals surface area contributed by atoms with Crippen LogP contribution in [0.4, 0.5) is 0 Å². The molecule has 1 atom stereocenters. The first-order valence-corrected chi connectivity index (χ1v) is 11.7. The summed E-state index contributed by atoms with van der Waals surface area (Å²) >= 11 is 0. The second-order valence-corrected chi connectivity index (χ2v) is 7.65. The molecule has 1 aliphatic heterocycles. The molecule has 164 valence electrons. The third-order valence-corrected chi connectivity index (χ3v) is 4.91. The number of hydrogen-bond donors (Lipinski definition) is 0. The summed E-state index contributed by atoms with van der Waals surface area (Å²) in [6.07, 6.45) is 31.6. The molecule has 3 nitrogen and oxygen atoms in total. The molecule has 1 saturated heterocycles.